The molecule has 1 aliphatic carbocycles. The summed E-state index contributed by atoms with van der Waals surface area (Å²) < 4.78 is 5.01. The summed E-state index contributed by atoms with van der Waals surface area (Å²) in [4.78, 5) is 27.7. The van der Waals surface area contributed by atoms with Gasteiger partial charge in [0.05, 0.1) is 13.2 Å². The Balaban J connectivity index is 1.66. The SMILES string of the molecule is CCOC(=O)N1CCN(CC(=O)NC2CCCCCCC2)CC1. The van der Waals surface area contributed by atoms with E-state index in [1.807, 2.05) is 6.92 Å². The highest BCUT2D eigenvalue weighted by atomic mass is 16.6. The minimum atomic E-state index is -0.244. The third-order valence-corrected chi connectivity index (χ3v) is 4.74. The van der Waals surface area contributed by atoms with Gasteiger partial charge in [0.25, 0.3) is 0 Å². The molecule has 2 amide bonds. The molecule has 0 aromatic carbocycles. The Morgan fingerprint density at radius 1 is 1.00 bits per heavy atom. The van der Waals surface area contributed by atoms with Crippen molar-refractivity contribution in [1.82, 2.24) is 15.1 Å². The van der Waals surface area contributed by atoms with Crippen LogP contribution in [0, 0.1) is 0 Å². The molecule has 1 saturated carbocycles. The molecule has 1 saturated heterocycles. The van der Waals surface area contributed by atoms with Crippen LogP contribution in [0.5, 0.6) is 0 Å². The Morgan fingerprint density at radius 3 is 2.22 bits per heavy atom. The van der Waals surface area contributed by atoms with Crippen LogP contribution in [-0.4, -0.2) is 67.2 Å². The van der Waals surface area contributed by atoms with E-state index in [-0.39, 0.29) is 12.0 Å². The Labute approximate surface area is 139 Å². The molecule has 1 heterocycles. The van der Waals surface area contributed by atoms with E-state index in [4.69, 9.17) is 4.74 Å². The lowest BCUT2D eigenvalue weighted by Crippen LogP contribution is -2.52. The number of nitrogens with one attached hydrogen (secondary N) is 1. The predicted octanol–water partition coefficient (Wildman–Crippen LogP) is 1.99. The second-order valence-corrected chi connectivity index (χ2v) is 6.57. The van der Waals surface area contributed by atoms with Crippen molar-refractivity contribution in [2.75, 3.05) is 39.3 Å². The average Bonchev–Trinajstić information content (AvgIpc) is 2.51. The number of hydrogen-bond donors (Lipinski definition) is 1. The lowest BCUT2D eigenvalue weighted by atomic mass is 9.97. The van der Waals surface area contributed by atoms with Crippen LogP contribution in [0.2, 0.25) is 0 Å². The molecule has 2 rings (SSSR count). The predicted molar refractivity (Wildman–Crippen MR) is 89.3 cm³/mol. The van der Waals surface area contributed by atoms with E-state index in [1.165, 1.54) is 32.1 Å². The van der Waals surface area contributed by atoms with E-state index in [0.717, 1.165) is 25.9 Å². The van der Waals surface area contributed by atoms with E-state index >= 15 is 0 Å². The van der Waals surface area contributed by atoms with Crippen LogP contribution in [-0.2, 0) is 9.53 Å². The van der Waals surface area contributed by atoms with Gasteiger partial charge in [-0.1, -0.05) is 32.1 Å². The maximum absolute atomic E-state index is 12.2. The molecule has 6 nitrogen and oxygen atoms in total. The normalized spacial score (nSPS) is 21.3. The third-order valence-electron chi connectivity index (χ3n) is 4.74. The van der Waals surface area contributed by atoms with Gasteiger partial charge in [-0.3, -0.25) is 9.69 Å². The summed E-state index contributed by atoms with van der Waals surface area (Å²) in [6.07, 6.45) is 8.36. The minimum Gasteiger partial charge on any atom is -0.450 e. The second-order valence-electron chi connectivity index (χ2n) is 6.57. The molecule has 132 valence electrons. The van der Waals surface area contributed by atoms with Gasteiger partial charge in [-0.15, -0.1) is 0 Å². The topological polar surface area (TPSA) is 61.9 Å². The number of carbonyl (C=O) groups is 2. The van der Waals surface area contributed by atoms with Crippen molar-refractivity contribution >= 4 is 12.0 Å². The van der Waals surface area contributed by atoms with E-state index in [0.29, 0.717) is 32.3 Å². The van der Waals surface area contributed by atoms with Crippen molar-refractivity contribution in [3.63, 3.8) is 0 Å². The number of ether oxygens (including phenoxy) is 1. The summed E-state index contributed by atoms with van der Waals surface area (Å²) in [6, 6.07) is 0.351. The van der Waals surface area contributed by atoms with Crippen molar-refractivity contribution in [3.8, 4) is 0 Å². The summed E-state index contributed by atoms with van der Waals surface area (Å²) in [5.41, 5.74) is 0. The standard InChI is InChI=1S/C17H31N3O3/c1-2-23-17(22)20-12-10-19(11-13-20)14-16(21)18-15-8-6-4-3-5-7-9-15/h15H,2-14H2,1H3,(H,18,21). The van der Waals surface area contributed by atoms with Crippen molar-refractivity contribution in [1.29, 1.82) is 0 Å². The van der Waals surface area contributed by atoms with Gasteiger partial charge < -0.3 is 15.0 Å². The smallest absolute Gasteiger partial charge is 0.409 e. The lowest BCUT2D eigenvalue weighted by molar-refractivity contribution is -0.123. The zero-order chi connectivity index (χ0) is 16.5. The fourth-order valence-electron chi connectivity index (χ4n) is 3.38. The maximum atomic E-state index is 12.2. The van der Waals surface area contributed by atoms with Crippen LogP contribution in [0.25, 0.3) is 0 Å². The van der Waals surface area contributed by atoms with E-state index < -0.39 is 0 Å². The first-order valence-electron chi connectivity index (χ1n) is 9.12. The lowest BCUT2D eigenvalue weighted by Gasteiger charge is -2.34. The monoisotopic (exact) mass is 325 g/mol. The number of nitrogens with zero attached hydrogens (tertiary/aromatic N) is 2. The Kier molecular flexibility index (Phi) is 7.65. The molecular formula is C17H31N3O3. The zero-order valence-corrected chi connectivity index (χ0v) is 14.4. The van der Waals surface area contributed by atoms with Crippen LogP contribution in [0.15, 0.2) is 0 Å². The van der Waals surface area contributed by atoms with Crippen LogP contribution in [0.4, 0.5) is 4.79 Å². The van der Waals surface area contributed by atoms with Gasteiger partial charge in [0.1, 0.15) is 0 Å². The van der Waals surface area contributed by atoms with Crippen LogP contribution in [0.1, 0.15) is 51.9 Å². The fraction of sp³-hybridized carbons (Fsp3) is 0.882. The van der Waals surface area contributed by atoms with Gasteiger partial charge in [0.15, 0.2) is 0 Å². The van der Waals surface area contributed by atoms with Gasteiger partial charge in [-0.25, -0.2) is 4.79 Å². The van der Waals surface area contributed by atoms with E-state index in [2.05, 4.69) is 10.2 Å². The fourth-order valence-corrected chi connectivity index (χ4v) is 3.38. The summed E-state index contributed by atoms with van der Waals surface area (Å²) >= 11 is 0. The quantitative estimate of drug-likeness (QED) is 0.859. The molecule has 0 aromatic heterocycles. The third kappa shape index (κ3) is 6.37. The van der Waals surface area contributed by atoms with Crippen molar-refractivity contribution < 1.29 is 14.3 Å². The molecule has 1 aliphatic heterocycles. The first-order valence-corrected chi connectivity index (χ1v) is 9.12. The summed E-state index contributed by atoms with van der Waals surface area (Å²) in [5.74, 6) is 0.125. The molecule has 0 atom stereocenters. The average molecular weight is 325 g/mol. The first kappa shape index (κ1) is 18.0. The van der Waals surface area contributed by atoms with Gasteiger partial charge in [-0.2, -0.15) is 0 Å². The number of amides is 2. The molecule has 0 bridgehead atoms. The molecule has 23 heavy (non-hydrogen) atoms. The number of piperazine rings is 1. The molecular weight excluding hydrogens is 294 g/mol. The summed E-state index contributed by atoms with van der Waals surface area (Å²) in [6.45, 7) is 5.39. The highest BCUT2D eigenvalue weighted by Crippen LogP contribution is 2.17. The van der Waals surface area contributed by atoms with E-state index in [9.17, 15) is 9.59 Å². The molecule has 0 unspecified atom stereocenters. The van der Waals surface area contributed by atoms with Crippen molar-refractivity contribution in [2.45, 2.75) is 57.9 Å². The molecule has 6 heteroatoms. The summed E-state index contributed by atoms with van der Waals surface area (Å²) in [7, 11) is 0. The van der Waals surface area contributed by atoms with E-state index in [1.54, 1.807) is 4.90 Å². The maximum Gasteiger partial charge on any atom is 0.409 e. The van der Waals surface area contributed by atoms with Crippen molar-refractivity contribution in [2.24, 2.45) is 0 Å². The number of carbonyl (C=O) groups excluding carboxylic acids is 2. The molecule has 0 aromatic rings. The highest BCUT2D eigenvalue weighted by molar-refractivity contribution is 5.78. The van der Waals surface area contributed by atoms with Crippen LogP contribution < -0.4 is 5.32 Å². The van der Waals surface area contributed by atoms with Gasteiger partial charge >= 0.3 is 6.09 Å². The van der Waals surface area contributed by atoms with Crippen LogP contribution >= 0.6 is 0 Å². The minimum absolute atomic E-state index is 0.125. The van der Waals surface area contributed by atoms with Gasteiger partial charge in [-0.05, 0) is 19.8 Å². The molecule has 0 radical (unpaired) electrons. The number of hydrogen-bond acceptors (Lipinski definition) is 4. The molecule has 1 N–H and O–H groups in total. The summed E-state index contributed by atoms with van der Waals surface area (Å²) in [5, 5.41) is 3.20. The van der Waals surface area contributed by atoms with Crippen molar-refractivity contribution in [3.05, 3.63) is 0 Å². The van der Waals surface area contributed by atoms with Crippen LogP contribution in [0.3, 0.4) is 0 Å². The Bertz CT molecular complexity index is 373. The Hall–Kier alpha value is -1.30. The Morgan fingerprint density at radius 2 is 1.61 bits per heavy atom. The second kappa shape index (κ2) is 9.75. The molecule has 2 aliphatic rings. The molecule has 2 fully saturated rings. The zero-order valence-electron chi connectivity index (χ0n) is 14.4. The van der Waals surface area contributed by atoms with Gasteiger partial charge in [0, 0.05) is 32.2 Å². The van der Waals surface area contributed by atoms with Gasteiger partial charge in [0.2, 0.25) is 5.91 Å². The first-order chi connectivity index (χ1) is 11.2. The number of rotatable bonds is 4. The molecule has 0 spiro atoms. The largest absolute Gasteiger partial charge is 0.450 e. The highest BCUT2D eigenvalue weighted by Gasteiger charge is 2.23.